The normalized spacial score (nSPS) is 23.1. The van der Waals surface area contributed by atoms with Gasteiger partial charge in [-0.2, -0.15) is 0 Å². The van der Waals surface area contributed by atoms with Crippen LogP contribution in [0.25, 0.3) is 0 Å². The molecule has 1 aromatic carbocycles. The molecule has 3 fully saturated rings. The lowest BCUT2D eigenvalue weighted by molar-refractivity contribution is -0.137. The Morgan fingerprint density at radius 1 is 1.08 bits per heavy atom. The van der Waals surface area contributed by atoms with Gasteiger partial charge in [0.25, 0.3) is 5.91 Å². The van der Waals surface area contributed by atoms with E-state index in [1.54, 1.807) is 4.90 Å². The van der Waals surface area contributed by atoms with E-state index >= 15 is 0 Å². The number of nitrogens with zero attached hydrogens (tertiary/aromatic N) is 3. The Balaban J connectivity index is 1.03. The van der Waals surface area contributed by atoms with Crippen LogP contribution in [-0.4, -0.2) is 70.6 Å². The Labute approximate surface area is 209 Å². The van der Waals surface area contributed by atoms with Crippen LogP contribution < -0.4 is 10.2 Å². The van der Waals surface area contributed by atoms with E-state index in [0.29, 0.717) is 24.9 Å². The number of piperidine rings is 2. The minimum atomic E-state index is -0.589. The van der Waals surface area contributed by atoms with Gasteiger partial charge in [0.15, 0.2) is 0 Å². The first kappa shape index (κ1) is 22.8. The number of likely N-dealkylation sites (tertiary alicyclic amines) is 1. The molecule has 4 aliphatic heterocycles. The molecule has 0 radical (unpaired) electrons. The van der Waals surface area contributed by atoms with E-state index in [4.69, 9.17) is 0 Å². The zero-order chi connectivity index (χ0) is 24.9. The third-order valence-corrected chi connectivity index (χ3v) is 8.37. The molecule has 3 saturated heterocycles. The van der Waals surface area contributed by atoms with E-state index in [2.05, 4.69) is 21.3 Å². The molecular formula is C27H31N5O4. The summed E-state index contributed by atoms with van der Waals surface area (Å²) in [5.41, 5.74) is 4.03. The van der Waals surface area contributed by atoms with Gasteiger partial charge in [-0.3, -0.25) is 24.5 Å². The second kappa shape index (κ2) is 8.80. The summed E-state index contributed by atoms with van der Waals surface area (Å²) < 4.78 is 0. The molecule has 6 rings (SSSR count). The number of rotatable bonds is 5. The van der Waals surface area contributed by atoms with Crippen LogP contribution in [0.4, 0.5) is 5.69 Å². The fraction of sp³-hybridized carbons (Fsp3) is 0.481. The molecule has 0 bridgehead atoms. The van der Waals surface area contributed by atoms with Crippen molar-refractivity contribution in [3.05, 3.63) is 53.3 Å². The highest BCUT2D eigenvalue weighted by molar-refractivity contribution is 6.05. The van der Waals surface area contributed by atoms with Crippen LogP contribution in [0, 0.1) is 5.41 Å². The van der Waals surface area contributed by atoms with Gasteiger partial charge in [-0.15, -0.1) is 0 Å². The largest absolute Gasteiger partial charge is 0.370 e. The van der Waals surface area contributed by atoms with Gasteiger partial charge in [-0.1, -0.05) is 0 Å². The van der Waals surface area contributed by atoms with Crippen molar-refractivity contribution >= 4 is 29.3 Å². The second-order valence-electron chi connectivity index (χ2n) is 10.7. The van der Waals surface area contributed by atoms with Crippen molar-refractivity contribution in [3.63, 3.8) is 0 Å². The summed E-state index contributed by atoms with van der Waals surface area (Å²) in [6.07, 6.45) is 5.85. The first-order valence-electron chi connectivity index (χ1n) is 12.8. The minimum Gasteiger partial charge on any atom is -0.370 e. The number of hydrogen-bond donors (Lipinski definition) is 2. The third kappa shape index (κ3) is 4.06. The second-order valence-corrected chi connectivity index (χ2v) is 10.7. The summed E-state index contributed by atoms with van der Waals surface area (Å²) in [5.74, 6) is -0.563. The number of carbonyl (C=O) groups is 4. The van der Waals surface area contributed by atoms with E-state index < -0.39 is 6.04 Å². The first-order valence-corrected chi connectivity index (χ1v) is 12.8. The molecule has 1 unspecified atom stereocenters. The summed E-state index contributed by atoms with van der Waals surface area (Å²) in [7, 11) is 0. The predicted octanol–water partition coefficient (Wildman–Crippen LogP) is 1.84. The van der Waals surface area contributed by atoms with E-state index in [9.17, 15) is 19.2 Å². The van der Waals surface area contributed by atoms with Crippen LogP contribution >= 0.6 is 0 Å². The monoisotopic (exact) mass is 489 g/mol. The lowest BCUT2D eigenvalue weighted by Crippen LogP contribution is -2.61. The molecule has 9 nitrogen and oxygen atoms in total. The van der Waals surface area contributed by atoms with E-state index in [-0.39, 0.29) is 35.5 Å². The van der Waals surface area contributed by atoms with Crippen molar-refractivity contribution in [2.75, 3.05) is 31.1 Å². The summed E-state index contributed by atoms with van der Waals surface area (Å²) in [6, 6.07) is 9.33. The average Bonchev–Trinajstić information content (AvgIpc) is 3.49. The van der Waals surface area contributed by atoms with E-state index in [1.165, 1.54) is 0 Å². The maximum Gasteiger partial charge on any atom is 0.255 e. The van der Waals surface area contributed by atoms with Crippen molar-refractivity contribution in [1.82, 2.24) is 20.1 Å². The molecule has 188 valence electrons. The molecule has 4 aliphatic rings. The molecule has 0 aliphatic carbocycles. The minimum absolute atomic E-state index is 0.139. The SMILES string of the molecule is O=C1CCC(N2Cc3cc(N4CC5(CCN(C(=O)CCc6ccc[nH]6)CC5)C4)ccc3C2=O)C(=O)N1. The van der Waals surface area contributed by atoms with Crippen LogP contribution in [0.5, 0.6) is 0 Å². The van der Waals surface area contributed by atoms with Crippen molar-refractivity contribution in [2.45, 2.75) is 51.1 Å². The Morgan fingerprint density at radius 2 is 1.89 bits per heavy atom. The first-order chi connectivity index (χ1) is 17.4. The fourth-order valence-corrected chi connectivity index (χ4v) is 6.17. The molecule has 1 aromatic heterocycles. The molecule has 9 heteroatoms. The van der Waals surface area contributed by atoms with Crippen molar-refractivity contribution < 1.29 is 19.2 Å². The standard InChI is InChI=1S/C27H31N5O4/c33-23-7-6-22(25(35)29-23)32-15-18-14-20(4-5-21(18)26(32)36)31-16-27(17-31)9-12-30(13-10-27)24(34)8-3-19-2-1-11-28-19/h1-2,4-5,11,14,22,28H,3,6-10,12-13,15-17H2,(H,29,33,35). The van der Waals surface area contributed by atoms with Crippen LogP contribution in [0.2, 0.25) is 0 Å². The lowest BCUT2D eigenvalue weighted by atomic mass is 9.71. The van der Waals surface area contributed by atoms with Crippen LogP contribution in [0.15, 0.2) is 36.5 Å². The number of imide groups is 1. The Bertz CT molecular complexity index is 1210. The molecule has 0 saturated carbocycles. The highest BCUT2D eigenvalue weighted by atomic mass is 16.2. The number of aromatic amines is 1. The number of fused-ring (bicyclic) bond motifs is 1. The van der Waals surface area contributed by atoms with Gasteiger partial charge in [-0.25, -0.2) is 0 Å². The van der Waals surface area contributed by atoms with Gasteiger partial charge in [0.05, 0.1) is 0 Å². The maximum absolute atomic E-state index is 12.9. The number of anilines is 1. The summed E-state index contributed by atoms with van der Waals surface area (Å²) >= 11 is 0. The van der Waals surface area contributed by atoms with Crippen LogP contribution in [-0.2, 0) is 27.3 Å². The van der Waals surface area contributed by atoms with Gasteiger partial charge in [0.1, 0.15) is 6.04 Å². The number of aromatic nitrogens is 1. The Morgan fingerprint density at radius 3 is 2.61 bits per heavy atom. The van der Waals surface area contributed by atoms with Gasteiger partial charge in [-0.05, 0) is 61.6 Å². The Kier molecular flexibility index (Phi) is 5.58. The zero-order valence-electron chi connectivity index (χ0n) is 20.3. The molecular weight excluding hydrogens is 458 g/mol. The molecule has 1 spiro atoms. The molecule has 4 amide bonds. The number of carbonyl (C=O) groups excluding carboxylic acids is 4. The molecule has 2 aromatic rings. The topological polar surface area (TPSA) is 106 Å². The van der Waals surface area contributed by atoms with E-state index in [1.807, 2.05) is 35.4 Å². The molecule has 1 atom stereocenters. The van der Waals surface area contributed by atoms with Crippen molar-refractivity contribution in [1.29, 1.82) is 0 Å². The number of aryl methyl sites for hydroxylation is 1. The molecule has 5 heterocycles. The van der Waals surface area contributed by atoms with Crippen LogP contribution in [0.1, 0.15) is 53.7 Å². The summed E-state index contributed by atoms with van der Waals surface area (Å²) in [5, 5.41) is 2.35. The third-order valence-electron chi connectivity index (χ3n) is 8.37. The quantitative estimate of drug-likeness (QED) is 0.624. The number of benzene rings is 1. The highest BCUT2D eigenvalue weighted by Crippen LogP contribution is 2.43. The smallest absolute Gasteiger partial charge is 0.255 e. The summed E-state index contributed by atoms with van der Waals surface area (Å²) in [4.78, 5) is 58.5. The van der Waals surface area contributed by atoms with Gasteiger partial charge >= 0.3 is 0 Å². The van der Waals surface area contributed by atoms with Gasteiger partial charge < -0.3 is 19.7 Å². The number of nitrogens with one attached hydrogen (secondary N) is 2. The van der Waals surface area contributed by atoms with Gasteiger partial charge in [0, 0.05) is 74.1 Å². The number of H-pyrrole nitrogens is 1. The predicted molar refractivity (Wildman–Crippen MR) is 132 cm³/mol. The maximum atomic E-state index is 12.9. The fourth-order valence-electron chi connectivity index (χ4n) is 6.17. The zero-order valence-corrected chi connectivity index (χ0v) is 20.3. The van der Waals surface area contributed by atoms with Crippen molar-refractivity contribution in [2.24, 2.45) is 5.41 Å². The van der Waals surface area contributed by atoms with E-state index in [0.717, 1.165) is 62.4 Å². The van der Waals surface area contributed by atoms with Crippen LogP contribution in [0.3, 0.4) is 0 Å². The lowest BCUT2D eigenvalue weighted by Gasteiger charge is -2.55. The number of amides is 4. The molecule has 2 N–H and O–H groups in total. The molecule has 36 heavy (non-hydrogen) atoms. The summed E-state index contributed by atoms with van der Waals surface area (Å²) in [6.45, 7) is 3.95. The van der Waals surface area contributed by atoms with Gasteiger partial charge in [0.2, 0.25) is 17.7 Å². The number of hydrogen-bond acceptors (Lipinski definition) is 5. The Hall–Kier alpha value is -3.62. The highest BCUT2D eigenvalue weighted by Gasteiger charge is 2.46. The average molecular weight is 490 g/mol. The van der Waals surface area contributed by atoms with Crippen molar-refractivity contribution in [3.8, 4) is 0 Å².